The smallest absolute Gasteiger partial charge is 0.223 e. The van der Waals surface area contributed by atoms with Crippen LogP contribution in [0.25, 0.3) is 0 Å². The van der Waals surface area contributed by atoms with Crippen molar-refractivity contribution in [1.82, 2.24) is 15.2 Å². The van der Waals surface area contributed by atoms with Crippen molar-refractivity contribution in [3.63, 3.8) is 0 Å². The number of halogens is 1. The third kappa shape index (κ3) is 4.73. The second kappa shape index (κ2) is 9.06. The molecule has 148 valence electrons. The van der Waals surface area contributed by atoms with Crippen molar-refractivity contribution in [3.05, 3.63) is 64.9 Å². The van der Waals surface area contributed by atoms with Crippen molar-refractivity contribution in [3.8, 4) is 0 Å². The minimum Gasteiger partial charge on any atom is -0.347 e. The molecule has 1 aliphatic carbocycles. The number of pyridine rings is 1. The Hall–Kier alpha value is -1.91. The van der Waals surface area contributed by atoms with Gasteiger partial charge in [0.1, 0.15) is 0 Å². The summed E-state index contributed by atoms with van der Waals surface area (Å²) in [7, 11) is 0. The number of hydrogen-bond acceptors (Lipinski definition) is 3. The van der Waals surface area contributed by atoms with Crippen LogP contribution < -0.4 is 5.32 Å². The number of benzene rings is 1. The van der Waals surface area contributed by atoms with Crippen molar-refractivity contribution < 1.29 is 4.79 Å². The maximum atomic E-state index is 12.7. The zero-order chi connectivity index (χ0) is 19.3. The summed E-state index contributed by atoms with van der Waals surface area (Å²) in [6.07, 6.45) is 7.28. The monoisotopic (exact) mass is 397 g/mol. The van der Waals surface area contributed by atoms with E-state index >= 15 is 0 Å². The highest BCUT2D eigenvalue weighted by Crippen LogP contribution is 2.32. The number of carbonyl (C=O) groups is 1. The molecular weight excluding hydrogens is 370 g/mol. The van der Waals surface area contributed by atoms with E-state index in [-0.39, 0.29) is 17.9 Å². The van der Waals surface area contributed by atoms with Gasteiger partial charge in [-0.05, 0) is 68.0 Å². The van der Waals surface area contributed by atoms with Gasteiger partial charge in [0.25, 0.3) is 0 Å². The number of nitrogens with zero attached hydrogens (tertiary/aromatic N) is 2. The van der Waals surface area contributed by atoms with Gasteiger partial charge in [-0.2, -0.15) is 0 Å². The normalized spacial score (nSPS) is 21.7. The van der Waals surface area contributed by atoms with Gasteiger partial charge < -0.3 is 5.32 Å². The lowest BCUT2D eigenvalue weighted by Gasteiger charge is -2.38. The van der Waals surface area contributed by atoms with E-state index in [1.165, 1.54) is 12.0 Å². The summed E-state index contributed by atoms with van der Waals surface area (Å²) in [5.41, 5.74) is 2.21. The zero-order valence-electron chi connectivity index (χ0n) is 16.2. The number of piperidine rings is 1. The molecule has 2 atom stereocenters. The first-order valence-corrected chi connectivity index (χ1v) is 10.7. The van der Waals surface area contributed by atoms with Gasteiger partial charge in [0.2, 0.25) is 5.91 Å². The minimum absolute atomic E-state index is 0.0172. The first-order chi connectivity index (χ1) is 13.7. The number of aromatic nitrogens is 1. The molecule has 5 heteroatoms. The maximum Gasteiger partial charge on any atom is 0.223 e. The average molecular weight is 398 g/mol. The summed E-state index contributed by atoms with van der Waals surface area (Å²) in [6.45, 7) is 2.93. The zero-order valence-corrected chi connectivity index (χ0v) is 16.9. The van der Waals surface area contributed by atoms with E-state index in [1.807, 2.05) is 42.6 Å². The predicted molar refractivity (Wildman–Crippen MR) is 112 cm³/mol. The molecule has 1 amide bonds. The van der Waals surface area contributed by atoms with Crippen molar-refractivity contribution in [1.29, 1.82) is 0 Å². The molecule has 4 rings (SSSR count). The summed E-state index contributed by atoms with van der Waals surface area (Å²) in [5.74, 6) is 0.762. The van der Waals surface area contributed by atoms with Gasteiger partial charge in [-0.3, -0.25) is 14.7 Å². The van der Waals surface area contributed by atoms with Crippen molar-refractivity contribution in [2.24, 2.45) is 11.8 Å². The number of rotatable bonds is 6. The lowest BCUT2D eigenvalue weighted by molar-refractivity contribution is -0.128. The summed E-state index contributed by atoms with van der Waals surface area (Å²) in [5, 5.41) is 4.13. The van der Waals surface area contributed by atoms with Crippen molar-refractivity contribution in [2.45, 2.75) is 44.7 Å². The van der Waals surface area contributed by atoms with E-state index in [4.69, 9.17) is 11.6 Å². The molecule has 0 spiro atoms. The highest BCUT2D eigenvalue weighted by Gasteiger charge is 2.33. The van der Waals surface area contributed by atoms with Crippen molar-refractivity contribution >= 4 is 17.5 Å². The molecular formula is C23H28ClN3O. The van der Waals surface area contributed by atoms with Gasteiger partial charge in [0.05, 0.1) is 11.7 Å². The summed E-state index contributed by atoms with van der Waals surface area (Å²) in [6, 6.07) is 14.1. The van der Waals surface area contributed by atoms with E-state index in [0.717, 1.165) is 56.0 Å². The molecule has 1 saturated heterocycles. The average Bonchev–Trinajstić information content (AvgIpc) is 2.66. The largest absolute Gasteiger partial charge is 0.347 e. The Morgan fingerprint density at radius 3 is 2.79 bits per heavy atom. The maximum absolute atomic E-state index is 12.7. The highest BCUT2D eigenvalue weighted by atomic mass is 35.5. The Morgan fingerprint density at radius 2 is 2.07 bits per heavy atom. The molecule has 2 fully saturated rings. The fraction of sp³-hybridized carbons (Fsp3) is 0.478. The third-order valence-electron chi connectivity index (χ3n) is 6.09. The van der Waals surface area contributed by atoms with Crippen LogP contribution in [0, 0.1) is 11.8 Å². The van der Waals surface area contributed by atoms with Crippen LogP contribution in [-0.4, -0.2) is 28.9 Å². The van der Waals surface area contributed by atoms with Crippen LogP contribution in [0.5, 0.6) is 0 Å². The molecule has 0 radical (unpaired) electrons. The molecule has 2 aromatic rings. The number of nitrogens with one attached hydrogen (secondary N) is 1. The molecule has 0 unspecified atom stereocenters. The summed E-state index contributed by atoms with van der Waals surface area (Å²) >= 11 is 6.15. The van der Waals surface area contributed by atoms with E-state index in [9.17, 15) is 4.79 Å². The molecule has 1 N–H and O–H groups in total. The predicted octanol–water partition coefficient (Wildman–Crippen LogP) is 4.60. The second-order valence-corrected chi connectivity index (χ2v) is 8.57. The number of carbonyl (C=O) groups excluding carboxylic acids is 1. The molecule has 0 bridgehead atoms. The van der Waals surface area contributed by atoms with Crippen LogP contribution in [0.4, 0.5) is 0 Å². The van der Waals surface area contributed by atoms with Crippen LogP contribution in [0.15, 0.2) is 48.7 Å². The lowest BCUT2D eigenvalue weighted by Crippen LogP contribution is -2.45. The van der Waals surface area contributed by atoms with E-state index in [0.29, 0.717) is 5.92 Å². The fourth-order valence-electron chi connectivity index (χ4n) is 4.34. The Bertz CT molecular complexity index is 793. The Balaban J connectivity index is 1.47. The van der Waals surface area contributed by atoms with Gasteiger partial charge in [0, 0.05) is 30.2 Å². The van der Waals surface area contributed by atoms with E-state index in [1.54, 1.807) is 0 Å². The SMILES string of the molecule is O=C(N[C@@H](c1ccccn1)[C@@H]1CCCN(Cc2cccc(Cl)c2)C1)C1CCC1. The molecule has 1 aliphatic heterocycles. The third-order valence-corrected chi connectivity index (χ3v) is 6.32. The molecule has 1 aromatic carbocycles. The quantitative estimate of drug-likeness (QED) is 0.774. The van der Waals surface area contributed by atoms with Crippen LogP contribution in [0.3, 0.4) is 0 Å². The summed E-state index contributed by atoms with van der Waals surface area (Å²) < 4.78 is 0. The second-order valence-electron chi connectivity index (χ2n) is 8.14. The van der Waals surface area contributed by atoms with Crippen LogP contribution in [-0.2, 0) is 11.3 Å². The number of hydrogen-bond donors (Lipinski definition) is 1. The van der Waals surface area contributed by atoms with Gasteiger partial charge in [-0.25, -0.2) is 0 Å². The van der Waals surface area contributed by atoms with Crippen molar-refractivity contribution in [2.75, 3.05) is 13.1 Å². The molecule has 4 nitrogen and oxygen atoms in total. The molecule has 2 aliphatic rings. The molecule has 28 heavy (non-hydrogen) atoms. The highest BCUT2D eigenvalue weighted by molar-refractivity contribution is 6.30. The van der Waals surface area contributed by atoms with E-state index in [2.05, 4.69) is 21.3 Å². The fourth-order valence-corrected chi connectivity index (χ4v) is 4.55. The Kier molecular flexibility index (Phi) is 6.28. The van der Waals surface area contributed by atoms with Gasteiger partial charge in [-0.15, -0.1) is 0 Å². The van der Waals surface area contributed by atoms with Gasteiger partial charge in [-0.1, -0.05) is 36.2 Å². The minimum atomic E-state index is -0.0172. The Morgan fingerprint density at radius 1 is 1.18 bits per heavy atom. The van der Waals surface area contributed by atoms with Crippen LogP contribution in [0.1, 0.15) is 49.4 Å². The van der Waals surface area contributed by atoms with Gasteiger partial charge in [0.15, 0.2) is 0 Å². The standard InChI is InChI=1S/C23H28ClN3O/c24-20-10-3-6-17(14-20)15-27-13-5-9-19(16-27)22(21-11-1-2-12-25-21)26-23(28)18-7-4-8-18/h1-3,6,10-12,14,18-19,22H,4-5,7-9,13,15-16H2,(H,26,28)/t19-,22-/m1/s1. The first-order valence-electron chi connectivity index (χ1n) is 10.4. The topological polar surface area (TPSA) is 45.2 Å². The molecule has 2 heterocycles. The van der Waals surface area contributed by atoms with Crippen LogP contribution in [0.2, 0.25) is 5.02 Å². The molecule has 1 saturated carbocycles. The number of likely N-dealkylation sites (tertiary alicyclic amines) is 1. The first kappa shape index (κ1) is 19.4. The van der Waals surface area contributed by atoms with Gasteiger partial charge >= 0.3 is 0 Å². The van der Waals surface area contributed by atoms with E-state index < -0.39 is 0 Å². The van der Waals surface area contributed by atoms with Crippen LogP contribution >= 0.6 is 11.6 Å². The number of amides is 1. The Labute approximate surface area is 172 Å². The lowest BCUT2D eigenvalue weighted by atomic mass is 9.83. The summed E-state index contributed by atoms with van der Waals surface area (Å²) in [4.78, 5) is 19.8. The molecule has 1 aromatic heterocycles.